The number of ether oxygens (including phenoxy) is 3. The summed E-state index contributed by atoms with van der Waals surface area (Å²) in [6, 6.07) is 9.46. The van der Waals surface area contributed by atoms with E-state index in [1.54, 1.807) is 24.3 Å². The monoisotopic (exact) mass is 544 g/mol. The Bertz CT molecular complexity index is 1260. The largest absolute Gasteiger partial charge is 0.493 e. The smallest absolute Gasteiger partial charge is 0.339 e. The first-order valence-electron chi connectivity index (χ1n) is 11.2. The number of nitrogens with one attached hydrogen (secondary N) is 1. The molecule has 0 radical (unpaired) electrons. The van der Waals surface area contributed by atoms with Gasteiger partial charge in [0, 0.05) is 11.3 Å². The molecule has 1 aliphatic heterocycles. The molecule has 0 bridgehead atoms. The summed E-state index contributed by atoms with van der Waals surface area (Å²) in [4.78, 5) is 51.3. The zero-order chi connectivity index (χ0) is 26.9. The number of rotatable bonds is 11. The molecule has 37 heavy (non-hydrogen) atoms. The molecular weight excluding hydrogens is 520 g/mol. The van der Waals surface area contributed by atoms with Crippen LogP contribution in [-0.4, -0.2) is 54.8 Å². The molecule has 1 heterocycles. The summed E-state index contributed by atoms with van der Waals surface area (Å²) >= 11 is 6.79. The first-order valence-corrected chi connectivity index (χ1v) is 12.4. The van der Waals surface area contributed by atoms with E-state index in [-0.39, 0.29) is 34.4 Å². The number of halogens is 1. The highest BCUT2D eigenvalue weighted by molar-refractivity contribution is 8.18. The van der Waals surface area contributed by atoms with Gasteiger partial charge in [-0.2, -0.15) is 0 Å². The van der Waals surface area contributed by atoms with E-state index in [0.29, 0.717) is 35.2 Å². The number of amides is 3. The molecule has 0 saturated carbocycles. The Morgan fingerprint density at radius 2 is 2.00 bits per heavy atom. The summed E-state index contributed by atoms with van der Waals surface area (Å²) in [7, 11) is 1.49. The van der Waals surface area contributed by atoms with Crippen molar-refractivity contribution in [3.63, 3.8) is 0 Å². The zero-order valence-corrected chi connectivity index (χ0v) is 21.8. The summed E-state index contributed by atoms with van der Waals surface area (Å²) in [6.07, 6.45) is 3.73. The first kappa shape index (κ1) is 27.8. The van der Waals surface area contributed by atoms with Crippen LogP contribution in [0.15, 0.2) is 54.0 Å². The minimum Gasteiger partial charge on any atom is -0.493 e. The molecule has 0 aromatic heterocycles. The van der Waals surface area contributed by atoms with Gasteiger partial charge in [0.15, 0.2) is 11.5 Å². The third kappa shape index (κ3) is 6.93. The molecular formula is C26H25ClN2O7S. The molecule has 0 unspecified atom stereocenters. The highest BCUT2D eigenvalue weighted by Crippen LogP contribution is 2.37. The summed E-state index contributed by atoms with van der Waals surface area (Å²) < 4.78 is 16.1. The van der Waals surface area contributed by atoms with Crippen molar-refractivity contribution in [2.24, 2.45) is 0 Å². The number of nitrogens with zero attached hydrogens (tertiary/aromatic N) is 1. The average Bonchev–Trinajstić information content (AvgIpc) is 3.14. The molecule has 0 atom stereocenters. The Kier molecular flexibility index (Phi) is 9.76. The molecule has 9 nitrogen and oxygen atoms in total. The zero-order valence-electron chi connectivity index (χ0n) is 20.2. The fourth-order valence-electron chi connectivity index (χ4n) is 3.26. The Balaban J connectivity index is 1.74. The third-order valence-electron chi connectivity index (χ3n) is 4.94. The number of anilines is 1. The number of carbonyl (C=O) groups excluding carboxylic acids is 4. The van der Waals surface area contributed by atoms with E-state index in [1.165, 1.54) is 31.4 Å². The van der Waals surface area contributed by atoms with E-state index in [0.717, 1.165) is 4.90 Å². The van der Waals surface area contributed by atoms with Crippen LogP contribution in [0.1, 0.15) is 29.3 Å². The fourth-order valence-corrected chi connectivity index (χ4v) is 4.28. The lowest BCUT2D eigenvalue weighted by Crippen LogP contribution is -2.36. The Morgan fingerprint density at radius 3 is 2.70 bits per heavy atom. The van der Waals surface area contributed by atoms with E-state index < -0.39 is 29.6 Å². The number of benzene rings is 2. The van der Waals surface area contributed by atoms with Crippen molar-refractivity contribution in [2.75, 3.05) is 32.2 Å². The summed E-state index contributed by atoms with van der Waals surface area (Å²) in [6.45, 7) is 5.41. The number of carbonyl (C=O) groups is 4. The molecule has 0 spiro atoms. The number of thioether (sulfide) groups is 1. The van der Waals surface area contributed by atoms with E-state index in [2.05, 4.69) is 11.9 Å². The van der Waals surface area contributed by atoms with Crippen LogP contribution in [0.4, 0.5) is 10.5 Å². The van der Waals surface area contributed by atoms with Crippen LogP contribution in [0.5, 0.6) is 11.5 Å². The molecule has 1 N–H and O–H groups in total. The molecule has 1 fully saturated rings. The van der Waals surface area contributed by atoms with Gasteiger partial charge in [0.2, 0.25) is 5.91 Å². The van der Waals surface area contributed by atoms with Crippen LogP contribution in [0.2, 0.25) is 5.02 Å². The topological polar surface area (TPSA) is 111 Å². The standard InChI is InChI=1S/C26H25ClN2O7S/c1-4-11-35-23-16(7-6-8-20(23)34-3)13-21-24(31)29(26(33)37-21)15-22(30)28-17-9-10-19(27)18(14-17)25(32)36-12-5-2/h4,6-10,13-14H,1,5,11-12,15H2,2-3H3,(H,28,30)/b21-13-. The lowest BCUT2D eigenvalue weighted by atomic mass is 10.1. The SMILES string of the molecule is C=CCOc1c(/C=C2\SC(=O)N(CC(=O)Nc3ccc(Cl)c(C(=O)OCCC)c3)C2=O)cccc1OC. The second-order valence-corrected chi connectivity index (χ2v) is 9.03. The number of hydrogen-bond acceptors (Lipinski definition) is 8. The summed E-state index contributed by atoms with van der Waals surface area (Å²) in [5.41, 5.74) is 0.885. The maximum atomic E-state index is 12.9. The van der Waals surface area contributed by atoms with Gasteiger partial charge >= 0.3 is 5.97 Å². The van der Waals surface area contributed by atoms with Gasteiger partial charge in [-0.3, -0.25) is 19.3 Å². The number of hydrogen-bond donors (Lipinski definition) is 1. The molecule has 2 aromatic rings. The van der Waals surface area contributed by atoms with Crippen LogP contribution in [0.3, 0.4) is 0 Å². The lowest BCUT2D eigenvalue weighted by molar-refractivity contribution is -0.127. The predicted molar refractivity (Wildman–Crippen MR) is 142 cm³/mol. The fraction of sp³-hybridized carbons (Fsp3) is 0.231. The van der Waals surface area contributed by atoms with Crippen molar-refractivity contribution in [3.8, 4) is 11.5 Å². The molecule has 0 aliphatic carbocycles. The van der Waals surface area contributed by atoms with Crippen molar-refractivity contribution < 1.29 is 33.4 Å². The molecule has 11 heteroatoms. The highest BCUT2D eigenvalue weighted by atomic mass is 35.5. The second kappa shape index (κ2) is 13.0. The number of esters is 1. The third-order valence-corrected chi connectivity index (χ3v) is 6.18. The van der Waals surface area contributed by atoms with Gasteiger partial charge in [-0.25, -0.2) is 4.79 Å². The van der Waals surface area contributed by atoms with Crippen molar-refractivity contribution >= 4 is 58.1 Å². The van der Waals surface area contributed by atoms with Crippen LogP contribution < -0.4 is 14.8 Å². The Morgan fingerprint density at radius 1 is 1.22 bits per heavy atom. The second-order valence-electron chi connectivity index (χ2n) is 7.62. The van der Waals surface area contributed by atoms with Crippen LogP contribution in [0, 0.1) is 0 Å². The van der Waals surface area contributed by atoms with Gasteiger partial charge in [-0.15, -0.1) is 0 Å². The first-order chi connectivity index (χ1) is 17.8. The summed E-state index contributed by atoms with van der Waals surface area (Å²) in [5, 5.41) is 2.15. The normalized spacial score (nSPS) is 14.0. The minimum atomic E-state index is -0.630. The number of methoxy groups -OCH3 is 1. The maximum absolute atomic E-state index is 12.9. The van der Waals surface area contributed by atoms with Crippen LogP contribution in [0.25, 0.3) is 6.08 Å². The van der Waals surface area contributed by atoms with Crippen molar-refractivity contribution in [1.82, 2.24) is 4.90 Å². The van der Waals surface area contributed by atoms with Crippen molar-refractivity contribution in [1.29, 1.82) is 0 Å². The van der Waals surface area contributed by atoms with E-state index >= 15 is 0 Å². The van der Waals surface area contributed by atoms with Gasteiger partial charge in [0.05, 0.1) is 29.2 Å². The Hall–Kier alpha value is -3.76. The lowest BCUT2D eigenvalue weighted by Gasteiger charge is -2.14. The molecule has 1 aliphatic rings. The molecule has 2 aromatic carbocycles. The van der Waals surface area contributed by atoms with Crippen LogP contribution in [-0.2, 0) is 14.3 Å². The molecule has 194 valence electrons. The van der Waals surface area contributed by atoms with Gasteiger partial charge < -0.3 is 19.5 Å². The number of imide groups is 1. The minimum absolute atomic E-state index is 0.0924. The maximum Gasteiger partial charge on any atom is 0.339 e. The van der Waals surface area contributed by atoms with E-state index in [1.807, 2.05) is 6.92 Å². The van der Waals surface area contributed by atoms with Gasteiger partial charge in [0.25, 0.3) is 11.1 Å². The molecule has 1 saturated heterocycles. The average molecular weight is 545 g/mol. The number of para-hydroxylation sites is 1. The Labute approximate surface area is 223 Å². The van der Waals surface area contributed by atoms with E-state index in [4.69, 9.17) is 25.8 Å². The van der Waals surface area contributed by atoms with Gasteiger partial charge in [-0.1, -0.05) is 43.3 Å². The van der Waals surface area contributed by atoms with Crippen molar-refractivity contribution in [2.45, 2.75) is 13.3 Å². The van der Waals surface area contributed by atoms with E-state index in [9.17, 15) is 19.2 Å². The van der Waals surface area contributed by atoms with Gasteiger partial charge in [0.1, 0.15) is 13.2 Å². The van der Waals surface area contributed by atoms with Crippen molar-refractivity contribution in [3.05, 3.63) is 70.1 Å². The summed E-state index contributed by atoms with van der Waals surface area (Å²) in [5.74, 6) is -1.02. The predicted octanol–water partition coefficient (Wildman–Crippen LogP) is 5.16. The molecule has 3 amide bonds. The molecule has 3 rings (SSSR count). The quantitative estimate of drug-likeness (QED) is 0.235. The highest BCUT2D eigenvalue weighted by Gasteiger charge is 2.36. The van der Waals surface area contributed by atoms with Crippen LogP contribution >= 0.6 is 23.4 Å². The van der Waals surface area contributed by atoms with Gasteiger partial charge in [-0.05, 0) is 48.5 Å².